The largest absolute Gasteiger partial charge is 0.0890 e. The third-order valence-electron chi connectivity index (χ3n) is 4.05. The molecule has 0 aromatic carbocycles. The van der Waals surface area contributed by atoms with Crippen LogP contribution in [0.4, 0.5) is 0 Å². The van der Waals surface area contributed by atoms with Crippen molar-refractivity contribution in [2.75, 3.05) is 0 Å². The number of hydrogen-bond acceptors (Lipinski definition) is 0. The first-order valence-electron chi connectivity index (χ1n) is 5.35. The summed E-state index contributed by atoms with van der Waals surface area (Å²) >= 11 is 3.79. The van der Waals surface area contributed by atoms with Gasteiger partial charge >= 0.3 is 0 Å². The van der Waals surface area contributed by atoms with Crippen molar-refractivity contribution in [3.05, 3.63) is 0 Å². The molecular formula is C11H19Br. The lowest BCUT2D eigenvalue weighted by Gasteiger charge is -2.46. The summed E-state index contributed by atoms with van der Waals surface area (Å²) in [5, 5.41) is 0. The first-order valence-corrected chi connectivity index (χ1v) is 6.26. The van der Waals surface area contributed by atoms with Gasteiger partial charge in [-0.05, 0) is 43.4 Å². The summed E-state index contributed by atoms with van der Waals surface area (Å²) in [4.78, 5) is 0.817. The zero-order chi connectivity index (χ0) is 8.60. The lowest BCUT2D eigenvalue weighted by atomic mass is 9.61. The normalized spacial score (nSPS) is 48.5. The van der Waals surface area contributed by atoms with Gasteiger partial charge in [-0.3, -0.25) is 0 Å². The van der Waals surface area contributed by atoms with Gasteiger partial charge in [0.25, 0.3) is 0 Å². The first-order chi connectivity index (χ1) is 5.71. The van der Waals surface area contributed by atoms with Gasteiger partial charge in [0.15, 0.2) is 0 Å². The molecule has 0 nitrogen and oxygen atoms in total. The summed E-state index contributed by atoms with van der Waals surface area (Å²) in [6.45, 7) is 2.52. The van der Waals surface area contributed by atoms with Crippen LogP contribution in [0.15, 0.2) is 0 Å². The van der Waals surface area contributed by atoms with E-state index in [1.165, 1.54) is 44.9 Å². The molecular weight excluding hydrogens is 212 g/mol. The van der Waals surface area contributed by atoms with Gasteiger partial charge in [0, 0.05) is 4.83 Å². The van der Waals surface area contributed by atoms with E-state index in [-0.39, 0.29) is 0 Å². The van der Waals surface area contributed by atoms with Crippen molar-refractivity contribution in [3.8, 4) is 0 Å². The van der Waals surface area contributed by atoms with Crippen molar-refractivity contribution < 1.29 is 0 Å². The number of hydrogen-bond donors (Lipinski definition) is 0. The predicted octanol–water partition coefficient (Wildman–Crippen LogP) is 4.13. The molecule has 0 N–H and O–H groups in total. The molecule has 0 saturated heterocycles. The summed E-state index contributed by atoms with van der Waals surface area (Å²) < 4.78 is 0. The molecule has 3 atom stereocenters. The maximum Gasteiger partial charge on any atom is 0.0151 e. The van der Waals surface area contributed by atoms with Crippen LogP contribution in [0.3, 0.4) is 0 Å². The smallest absolute Gasteiger partial charge is 0.0151 e. The van der Waals surface area contributed by atoms with Crippen molar-refractivity contribution in [1.82, 2.24) is 0 Å². The Balaban J connectivity index is 2.07. The van der Waals surface area contributed by atoms with Crippen molar-refractivity contribution in [1.29, 1.82) is 0 Å². The Morgan fingerprint density at radius 1 is 1.17 bits per heavy atom. The van der Waals surface area contributed by atoms with Crippen LogP contribution in [0.5, 0.6) is 0 Å². The lowest BCUT2D eigenvalue weighted by Crippen LogP contribution is -2.37. The van der Waals surface area contributed by atoms with Crippen LogP contribution in [0.1, 0.15) is 51.9 Å². The molecule has 0 aliphatic heterocycles. The fraction of sp³-hybridized carbons (Fsp3) is 1.00. The van der Waals surface area contributed by atoms with Gasteiger partial charge in [-0.1, -0.05) is 35.7 Å². The Bertz CT molecular complexity index is 166. The average molecular weight is 231 g/mol. The van der Waals surface area contributed by atoms with Crippen LogP contribution in [-0.4, -0.2) is 4.83 Å². The topological polar surface area (TPSA) is 0 Å². The fourth-order valence-electron chi connectivity index (χ4n) is 3.22. The Kier molecular flexibility index (Phi) is 2.51. The van der Waals surface area contributed by atoms with Crippen LogP contribution in [-0.2, 0) is 0 Å². The molecule has 0 bridgehead atoms. The molecule has 1 heteroatoms. The summed E-state index contributed by atoms with van der Waals surface area (Å²) in [5.41, 5.74) is 0.699. The van der Waals surface area contributed by atoms with Crippen LogP contribution >= 0.6 is 15.9 Å². The standard InChI is InChI=1S/C11H19Br/c1-11-7-3-2-4-9(11)5-6-10(12)8-11/h9-10H,2-8H2,1H3/t9-,10-,11-/m1/s1. The molecule has 2 saturated carbocycles. The summed E-state index contributed by atoms with van der Waals surface area (Å²) in [6, 6.07) is 0. The van der Waals surface area contributed by atoms with Gasteiger partial charge in [-0.25, -0.2) is 0 Å². The molecule has 2 aliphatic carbocycles. The average Bonchev–Trinajstić information content (AvgIpc) is 2.02. The molecule has 0 heterocycles. The highest BCUT2D eigenvalue weighted by Gasteiger charge is 2.40. The van der Waals surface area contributed by atoms with Gasteiger partial charge in [-0.15, -0.1) is 0 Å². The molecule has 0 aromatic heterocycles. The van der Waals surface area contributed by atoms with E-state index in [0.717, 1.165) is 10.7 Å². The third-order valence-corrected chi connectivity index (χ3v) is 4.83. The summed E-state index contributed by atoms with van der Waals surface area (Å²) in [7, 11) is 0. The number of rotatable bonds is 0. The minimum absolute atomic E-state index is 0.699. The Labute approximate surface area is 84.2 Å². The molecule has 0 amide bonds. The second-order valence-corrected chi connectivity index (χ2v) is 6.27. The van der Waals surface area contributed by atoms with Crippen molar-refractivity contribution >= 4 is 15.9 Å². The highest BCUT2D eigenvalue weighted by Crippen LogP contribution is 2.51. The van der Waals surface area contributed by atoms with E-state index in [9.17, 15) is 0 Å². The molecule has 70 valence electrons. The second-order valence-electron chi connectivity index (χ2n) is 4.98. The van der Waals surface area contributed by atoms with Crippen LogP contribution in [0.2, 0.25) is 0 Å². The SMILES string of the molecule is C[C@]12CCCC[C@@H]1CC[C@@H](Br)C2. The molecule has 2 fully saturated rings. The number of fused-ring (bicyclic) bond motifs is 1. The Morgan fingerprint density at radius 2 is 2.00 bits per heavy atom. The highest BCUT2D eigenvalue weighted by molar-refractivity contribution is 9.09. The van der Waals surface area contributed by atoms with Crippen molar-refractivity contribution in [2.24, 2.45) is 11.3 Å². The van der Waals surface area contributed by atoms with Crippen molar-refractivity contribution in [3.63, 3.8) is 0 Å². The Morgan fingerprint density at radius 3 is 2.83 bits per heavy atom. The quantitative estimate of drug-likeness (QED) is 0.550. The Hall–Kier alpha value is 0.480. The minimum atomic E-state index is 0.699. The number of alkyl halides is 1. The zero-order valence-corrected chi connectivity index (χ0v) is 9.57. The van der Waals surface area contributed by atoms with Gasteiger partial charge < -0.3 is 0 Å². The molecule has 0 radical (unpaired) electrons. The van der Waals surface area contributed by atoms with Gasteiger partial charge in [0.2, 0.25) is 0 Å². The van der Waals surface area contributed by atoms with Gasteiger partial charge in [0.1, 0.15) is 0 Å². The molecule has 0 aromatic rings. The zero-order valence-electron chi connectivity index (χ0n) is 7.98. The van der Waals surface area contributed by atoms with Crippen LogP contribution < -0.4 is 0 Å². The maximum atomic E-state index is 3.79. The van der Waals surface area contributed by atoms with E-state index in [4.69, 9.17) is 0 Å². The van der Waals surface area contributed by atoms with Crippen LogP contribution in [0.25, 0.3) is 0 Å². The predicted molar refractivity (Wildman–Crippen MR) is 56.6 cm³/mol. The first kappa shape index (κ1) is 9.05. The van der Waals surface area contributed by atoms with E-state index in [2.05, 4.69) is 22.9 Å². The third kappa shape index (κ3) is 1.57. The molecule has 0 spiro atoms. The van der Waals surface area contributed by atoms with E-state index < -0.39 is 0 Å². The van der Waals surface area contributed by atoms with E-state index >= 15 is 0 Å². The monoisotopic (exact) mass is 230 g/mol. The van der Waals surface area contributed by atoms with E-state index in [0.29, 0.717) is 5.41 Å². The van der Waals surface area contributed by atoms with Crippen LogP contribution in [0, 0.1) is 11.3 Å². The number of halogens is 1. The van der Waals surface area contributed by atoms with E-state index in [1.807, 2.05) is 0 Å². The van der Waals surface area contributed by atoms with Gasteiger partial charge in [0.05, 0.1) is 0 Å². The minimum Gasteiger partial charge on any atom is -0.0890 e. The second kappa shape index (κ2) is 3.32. The highest BCUT2D eigenvalue weighted by atomic mass is 79.9. The molecule has 0 unspecified atom stereocenters. The van der Waals surface area contributed by atoms with Crippen molar-refractivity contribution in [2.45, 2.75) is 56.7 Å². The molecule has 2 rings (SSSR count). The molecule has 12 heavy (non-hydrogen) atoms. The molecule has 2 aliphatic rings. The maximum absolute atomic E-state index is 3.79. The summed E-state index contributed by atoms with van der Waals surface area (Å²) in [5.74, 6) is 1.06. The lowest BCUT2D eigenvalue weighted by molar-refractivity contribution is 0.0691. The summed E-state index contributed by atoms with van der Waals surface area (Å²) in [6.07, 6.45) is 10.3. The fourth-order valence-corrected chi connectivity index (χ4v) is 4.23. The van der Waals surface area contributed by atoms with E-state index in [1.54, 1.807) is 0 Å². The van der Waals surface area contributed by atoms with Gasteiger partial charge in [-0.2, -0.15) is 0 Å².